The van der Waals surface area contributed by atoms with E-state index in [1.807, 2.05) is 18.2 Å². The molecule has 0 radical (unpaired) electrons. The van der Waals surface area contributed by atoms with Crippen LogP contribution >= 0.6 is 0 Å². The van der Waals surface area contributed by atoms with Gasteiger partial charge in [0.15, 0.2) is 0 Å². The molecule has 0 saturated carbocycles. The summed E-state index contributed by atoms with van der Waals surface area (Å²) in [7, 11) is 0. The number of allylic oxidation sites excluding steroid dienone is 1. The van der Waals surface area contributed by atoms with E-state index in [2.05, 4.69) is 6.58 Å². The average molecular weight is 286 g/mol. The van der Waals surface area contributed by atoms with E-state index in [9.17, 15) is 9.18 Å². The molecule has 108 valence electrons. The van der Waals surface area contributed by atoms with E-state index in [0.29, 0.717) is 12.2 Å². The minimum absolute atomic E-state index is 0.0267. The molecule has 2 aromatic carbocycles. The summed E-state index contributed by atoms with van der Waals surface area (Å²) in [4.78, 5) is 10.9. The Morgan fingerprint density at radius 1 is 1.24 bits per heavy atom. The lowest BCUT2D eigenvalue weighted by Crippen LogP contribution is -2.04. The molecule has 0 unspecified atom stereocenters. The first-order valence-corrected chi connectivity index (χ1v) is 6.45. The molecule has 4 heteroatoms. The summed E-state index contributed by atoms with van der Waals surface area (Å²) < 4.78 is 19.3. The predicted molar refractivity (Wildman–Crippen MR) is 78.0 cm³/mol. The Morgan fingerprint density at radius 2 is 2.00 bits per heavy atom. The molecule has 21 heavy (non-hydrogen) atoms. The number of rotatable bonds is 6. The third-order valence-electron chi connectivity index (χ3n) is 3.01. The number of benzene rings is 2. The van der Waals surface area contributed by atoms with Gasteiger partial charge in [-0.25, -0.2) is 9.18 Å². The zero-order chi connectivity index (χ0) is 15.2. The molecule has 0 saturated heterocycles. The summed E-state index contributed by atoms with van der Waals surface area (Å²) in [5.74, 6) is -0.943. The Hall–Kier alpha value is -2.62. The first-order chi connectivity index (χ1) is 10.1. The molecule has 0 aromatic heterocycles. The highest BCUT2D eigenvalue weighted by molar-refractivity contribution is 5.87. The SMILES string of the molecule is C=CCc1ccccc1OCc1cc(C(=O)O)ccc1F. The number of para-hydroxylation sites is 1. The quantitative estimate of drug-likeness (QED) is 0.821. The van der Waals surface area contributed by atoms with Crippen molar-refractivity contribution < 1.29 is 19.0 Å². The van der Waals surface area contributed by atoms with Gasteiger partial charge in [0.2, 0.25) is 0 Å². The van der Waals surface area contributed by atoms with Crippen molar-refractivity contribution >= 4 is 5.97 Å². The first kappa shape index (κ1) is 14.8. The van der Waals surface area contributed by atoms with Crippen LogP contribution in [0.2, 0.25) is 0 Å². The zero-order valence-electron chi connectivity index (χ0n) is 11.4. The van der Waals surface area contributed by atoms with Crippen LogP contribution in [0.3, 0.4) is 0 Å². The van der Waals surface area contributed by atoms with Crippen molar-refractivity contribution in [2.24, 2.45) is 0 Å². The Balaban J connectivity index is 2.18. The summed E-state index contributed by atoms with van der Waals surface area (Å²) in [5.41, 5.74) is 1.19. The van der Waals surface area contributed by atoms with E-state index in [4.69, 9.17) is 9.84 Å². The second-order valence-electron chi connectivity index (χ2n) is 4.50. The molecular formula is C17H15FO3. The normalized spacial score (nSPS) is 10.1. The van der Waals surface area contributed by atoms with Crippen molar-refractivity contribution in [1.82, 2.24) is 0 Å². The second-order valence-corrected chi connectivity index (χ2v) is 4.50. The van der Waals surface area contributed by atoms with Crippen LogP contribution in [-0.4, -0.2) is 11.1 Å². The summed E-state index contributed by atoms with van der Waals surface area (Å²) in [6, 6.07) is 11.1. The summed E-state index contributed by atoms with van der Waals surface area (Å²) in [6.07, 6.45) is 2.40. The maximum absolute atomic E-state index is 13.7. The molecule has 1 N–H and O–H groups in total. The molecular weight excluding hydrogens is 271 g/mol. The van der Waals surface area contributed by atoms with Crippen molar-refractivity contribution in [3.63, 3.8) is 0 Å². The minimum Gasteiger partial charge on any atom is -0.489 e. The van der Waals surface area contributed by atoms with E-state index in [1.54, 1.807) is 12.1 Å². The third-order valence-corrected chi connectivity index (χ3v) is 3.01. The maximum atomic E-state index is 13.7. The Bertz CT molecular complexity index is 665. The van der Waals surface area contributed by atoms with Gasteiger partial charge in [0.25, 0.3) is 0 Å². The number of hydrogen-bond acceptors (Lipinski definition) is 2. The van der Waals surface area contributed by atoms with Crippen LogP contribution in [0.25, 0.3) is 0 Å². The van der Waals surface area contributed by atoms with Gasteiger partial charge >= 0.3 is 5.97 Å². The van der Waals surface area contributed by atoms with Gasteiger partial charge in [-0.3, -0.25) is 0 Å². The molecule has 2 rings (SSSR count). The fourth-order valence-corrected chi connectivity index (χ4v) is 1.94. The summed E-state index contributed by atoms with van der Waals surface area (Å²) in [5, 5.41) is 8.93. The maximum Gasteiger partial charge on any atom is 0.335 e. The number of aromatic carboxylic acids is 1. The molecule has 0 aliphatic carbocycles. The van der Waals surface area contributed by atoms with Gasteiger partial charge in [0.05, 0.1) is 5.56 Å². The second kappa shape index (κ2) is 6.70. The van der Waals surface area contributed by atoms with Crippen LogP contribution in [-0.2, 0) is 13.0 Å². The number of hydrogen-bond donors (Lipinski definition) is 1. The number of ether oxygens (including phenoxy) is 1. The molecule has 0 fully saturated rings. The van der Waals surface area contributed by atoms with Gasteiger partial charge in [-0.2, -0.15) is 0 Å². The van der Waals surface area contributed by atoms with Crippen LogP contribution < -0.4 is 4.74 Å². The molecule has 0 bridgehead atoms. The molecule has 2 aromatic rings. The van der Waals surface area contributed by atoms with Gasteiger partial charge in [0, 0.05) is 5.56 Å². The molecule has 0 spiro atoms. The van der Waals surface area contributed by atoms with Gasteiger partial charge in [-0.1, -0.05) is 24.3 Å². The van der Waals surface area contributed by atoms with E-state index in [-0.39, 0.29) is 17.7 Å². The Labute approximate surface area is 122 Å². The van der Waals surface area contributed by atoms with Crippen LogP contribution in [0.1, 0.15) is 21.5 Å². The molecule has 0 aliphatic heterocycles. The molecule has 3 nitrogen and oxygen atoms in total. The van der Waals surface area contributed by atoms with Crippen molar-refractivity contribution in [1.29, 1.82) is 0 Å². The van der Waals surface area contributed by atoms with E-state index in [1.165, 1.54) is 12.1 Å². The van der Waals surface area contributed by atoms with E-state index >= 15 is 0 Å². The van der Waals surface area contributed by atoms with E-state index in [0.717, 1.165) is 11.6 Å². The lowest BCUT2D eigenvalue weighted by atomic mass is 10.1. The van der Waals surface area contributed by atoms with E-state index < -0.39 is 11.8 Å². The summed E-state index contributed by atoms with van der Waals surface area (Å²) in [6.45, 7) is 3.65. The standard InChI is InChI=1S/C17H15FO3/c1-2-5-12-6-3-4-7-16(12)21-11-14-10-13(17(19)20)8-9-15(14)18/h2-4,6-10H,1,5,11H2,(H,19,20). The number of carboxylic acids is 1. The van der Waals surface area contributed by atoms with Crippen LogP contribution in [0, 0.1) is 5.82 Å². The molecule has 0 heterocycles. The van der Waals surface area contributed by atoms with Crippen molar-refractivity contribution in [2.75, 3.05) is 0 Å². The Morgan fingerprint density at radius 3 is 2.71 bits per heavy atom. The predicted octanol–water partition coefficient (Wildman–Crippen LogP) is 3.83. The molecule has 0 aliphatic rings. The van der Waals surface area contributed by atoms with Gasteiger partial charge in [-0.05, 0) is 36.2 Å². The lowest BCUT2D eigenvalue weighted by Gasteiger charge is -2.11. The topological polar surface area (TPSA) is 46.5 Å². The fraction of sp³-hybridized carbons (Fsp3) is 0.118. The smallest absolute Gasteiger partial charge is 0.335 e. The average Bonchev–Trinajstić information content (AvgIpc) is 2.48. The monoisotopic (exact) mass is 286 g/mol. The highest BCUT2D eigenvalue weighted by Crippen LogP contribution is 2.21. The van der Waals surface area contributed by atoms with Gasteiger partial charge in [0.1, 0.15) is 18.2 Å². The fourth-order valence-electron chi connectivity index (χ4n) is 1.94. The first-order valence-electron chi connectivity index (χ1n) is 6.45. The van der Waals surface area contributed by atoms with Crippen molar-refractivity contribution in [3.05, 3.63) is 77.6 Å². The highest BCUT2D eigenvalue weighted by atomic mass is 19.1. The number of carbonyl (C=O) groups is 1. The highest BCUT2D eigenvalue weighted by Gasteiger charge is 2.10. The lowest BCUT2D eigenvalue weighted by molar-refractivity contribution is 0.0696. The van der Waals surface area contributed by atoms with Gasteiger partial charge < -0.3 is 9.84 Å². The van der Waals surface area contributed by atoms with Crippen molar-refractivity contribution in [3.8, 4) is 5.75 Å². The third kappa shape index (κ3) is 3.69. The van der Waals surface area contributed by atoms with Crippen LogP contribution in [0.5, 0.6) is 5.75 Å². The van der Waals surface area contributed by atoms with Crippen molar-refractivity contribution in [2.45, 2.75) is 13.0 Å². The largest absolute Gasteiger partial charge is 0.489 e. The zero-order valence-corrected chi connectivity index (χ0v) is 11.4. The van der Waals surface area contributed by atoms with Gasteiger partial charge in [-0.15, -0.1) is 6.58 Å². The van der Waals surface area contributed by atoms with Crippen LogP contribution in [0.15, 0.2) is 55.1 Å². The minimum atomic E-state index is -1.09. The summed E-state index contributed by atoms with van der Waals surface area (Å²) >= 11 is 0. The van der Waals surface area contributed by atoms with Crippen LogP contribution in [0.4, 0.5) is 4.39 Å². The Kier molecular flexibility index (Phi) is 4.72. The molecule has 0 atom stereocenters. The molecule has 0 amide bonds. The number of carboxylic acid groups (broad SMARTS) is 1. The number of halogens is 1.